The van der Waals surface area contributed by atoms with E-state index in [9.17, 15) is 9.59 Å². The number of carbonyl (C=O) groups is 2. The van der Waals surface area contributed by atoms with E-state index in [0.717, 1.165) is 6.42 Å². The summed E-state index contributed by atoms with van der Waals surface area (Å²) in [4.78, 5) is 26.5. The first-order chi connectivity index (χ1) is 12.4. The van der Waals surface area contributed by atoms with Crippen molar-refractivity contribution >= 4 is 17.5 Å². The van der Waals surface area contributed by atoms with Gasteiger partial charge in [-0.2, -0.15) is 0 Å². The summed E-state index contributed by atoms with van der Waals surface area (Å²) in [6, 6.07) is 3.35. The number of methoxy groups -OCH3 is 3. The maximum atomic E-state index is 12.6. The van der Waals surface area contributed by atoms with Crippen LogP contribution in [0.5, 0.6) is 17.2 Å². The van der Waals surface area contributed by atoms with Crippen LogP contribution in [-0.2, 0) is 9.59 Å². The molecule has 1 fully saturated rings. The Labute approximate surface area is 154 Å². The summed E-state index contributed by atoms with van der Waals surface area (Å²) in [5.74, 6) is 1.41. The Morgan fingerprint density at radius 3 is 2.31 bits per heavy atom. The summed E-state index contributed by atoms with van der Waals surface area (Å²) in [6.07, 6.45) is 1.18. The minimum Gasteiger partial charge on any atom is -0.493 e. The lowest BCUT2D eigenvalue weighted by Crippen LogP contribution is -2.29. The lowest BCUT2D eigenvalue weighted by Gasteiger charge is -2.18. The van der Waals surface area contributed by atoms with Crippen molar-refractivity contribution in [2.75, 3.05) is 39.7 Å². The van der Waals surface area contributed by atoms with Crippen LogP contribution in [0.2, 0.25) is 0 Å². The minimum atomic E-state index is -0.353. The van der Waals surface area contributed by atoms with Crippen molar-refractivity contribution in [3.8, 4) is 17.2 Å². The van der Waals surface area contributed by atoms with Crippen LogP contribution in [0.25, 0.3) is 0 Å². The number of hydrogen-bond acceptors (Lipinski definition) is 5. The van der Waals surface area contributed by atoms with E-state index >= 15 is 0 Å². The van der Waals surface area contributed by atoms with E-state index in [2.05, 4.69) is 19.2 Å². The molecule has 0 bridgehead atoms. The minimum absolute atomic E-state index is 0.0377. The molecule has 1 N–H and O–H groups in total. The molecule has 1 unspecified atom stereocenters. The summed E-state index contributed by atoms with van der Waals surface area (Å²) in [5, 5.41) is 2.86. The highest BCUT2D eigenvalue weighted by Crippen LogP contribution is 2.40. The number of hydrogen-bond donors (Lipinski definition) is 1. The molecule has 0 radical (unpaired) electrons. The third-order valence-corrected chi connectivity index (χ3v) is 4.49. The molecule has 1 atom stereocenters. The molecule has 0 aliphatic carbocycles. The molecule has 1 aromatic carbocycles. The van der Waals surface area contributed by atoms with Gasteiger partial charge in [0.05, 0.1) is 27.2 Å². The molecule has 1 heterocycles. The van der Waals surface area contributed by atoms with Gasteiger partial charge < -0.3 is 24.4 Å². The second kappa shape index (κ2) is 8.78. The number of ether oxygens (including phenoxy) is 3. The average Bonchev–Trinajstić information content (AvgIpc) is 2.99. The number of rotatable bonds is 8. The fourth-order valence-electron chi connectivity index (χ4n) is 2.98. The van der Waals surface area contributed by atoms with Crippen LogP contribution in [0.3, 0.4) is 0 Å². The van der Waals surface area contributed by atoms with Crippen LogP contribution in [0.4, 0.5) is 5.69 Å². The molecular weight excluding hydrogens is 336 g/mol. The zero-order valence-electron chi connectivity index (χ0n) is 16.1. The molecule has 2 amide bonds. The van der Waals surface area contributed by atoms with E-state index < -0.39 is 0 Å². The number of anilines is 1. The van der Waals surface area contributed by atoms with Crippen LogP contribution in [0, 0.1) is 11.8 Å². The number of carbonyl (C=O) groups excluding carboxylic acids is 2. The molecule has 1 aliphatic heterocycles. The highest BCUT2D eigenvalue weighted by Gasteiger charge is 2.34. The van der Waals surface area contributed by atoms with Crippen LogP contribution < -0.4 is 19.5 Å². The van der Waals surface area contributed by atoms with Gasteiger partial charge in [0, 0.05) is 37.3 Å². The predicted octanol–water partition coefficient (Wildman–Crippen LogP) is 2.55. The van der Waals surface area contributed by atoms with Crippen molar-refractivity contribution in [3.05, 3.63) is 12.1 Å². The largest absolute Gasteiger partial charge is 0.493 e. The lowest BCUT2D eigenvalue weighted by atomic mass is 10.1. The first kappa shape index (κ1) is 19.9. The average molecular weight is 364 g/mol. The van der Waals surface area contributed by atoms with Crippen molar-refractivity contribution in [1.82, 2.24) is 4.90 Å². The van der Waals surface area contributed by atoms with E-state index in [-0.39, 0.29) is 24.2 Å². The zero-order chi connectivity index (χ0) is 19.3. The van der Waals surface area contributed by atoms with Crippen molar-refractivity contribution in [2.45, 2.75) is 26.7 Å². The molecule has 1 aliphatic rings. The number of nitrogens with zero attached hydrogens (tertiary/aromatic N) is 1. The van der Waals surface area contributed by atoms with Gasteiger partial charge in [0.1, 0.15) is 0 Å². The third-order valence-electron chi connectivity index (χ3n) is 4.49. The van der Waals surface area contributed by atoms with Crippen LogP contribution in [0.1, 0.15) is 26.7 Å². The summed E-state index contributed by atoms with van der Waals surface area (Å²) in [6.45, 7) is 5.40. The second-order valence-electron chi connectivity index (χ2n) is 6.83. The maximum Gasteiger partial charge on any atom is 0.229 e. The Morgan fingerprint density at radius 2 is 1.81 bits per heavy atom. The van der Waals surface area contributed by atoms with Gasteiger partial charge in [0.2, 0.25) is 17.6 Å². The van der Waals surface area contributed by atoms with Gasteiger partial charge in [-0.15, -0.1) is 0 Å². The van der Waals surface area contributed by atoms with Crippen molar-refractivity contribution in [2.24, 2.45) is 11.8 Å². The predicted molar refractivity (Wildman–Crippen MR) is 98.9 cm³/mol. The Hall–Kier alpha value is -2.44. The van der Waals surface area contributed by atoms with Gasteiger partial charge in [-0.1, -0.05) is 13.8 Å². The zero-order valence-corrected chi connectivity index (χ0v) is 16.1. The molecule has 1 aromatic rings. The van der Waals surface area contributed by atoms with Gasteiger partial charge >= 0.3 is 0 Å². The molecule has 0 saturated carbocycles. The summed E-state index contributed by atoms with van der Waals surface area (Å²) in [7, 11) is 4.56. The second-order valence-corrected chi connectivity index (χ2v) is 6.83. The first-order valence-corrected chi connectivity index (χ1v) is 8.78. The topological polar surface area (TPSA) is 77.1 Å². The summed E-state index contributed by atoms with van der Waals surface area (Å²) < 4.78 is 15.9. The maximum absolute atomic E-state index is 12.6. The number of nitrogens with one attached hydrogen (secondary N) is 1. The van der Waals surface area contributed by atoms with E-state index in [1.165, 1.54) is 21.3 Å². The molecular formula is C19H28N2O5. The Bertz CT molecular complexity index is 634. The number of likely N-dealkylation sites (tertiary alicyclic amines) is 1. The van der Waals surface area contributed by atoms with Crippen molar-refractivity contribution in [1.29, 1.82) is 0 Å². The van der Waals surface area contributed by atoms with Crippen LogP contribution >= 0.6 is 0 Å². The normalized spacial score (nSPS) is 16.8. The van der Waals surface area contributed by atoms with E-state index in [4.69, 9.17) is 14.2 Å². The smallest absolute Gasteiger partial charge is 0.229 e. The van der Waals surface area contributed by atoms with E-state index in [0.29, 0.717) is 41.9 Å². The molecule has 26 heavy (non-hydrogen) atoms. The van der Waals surface area contributed by atoms with Gasteiger partial charge in [-0.3, -0.25) is 9.59 Å². The Morgan fingerprint density at radius 1 is 1.19 bits per heavy atom. The van der Waals surface area contributed by atoms with Crippen molar-refractivity contribution in [3.63, 3.8) is 0 Å². The summed E-state index contributed by atoms with van der Waals surface area (Å²) >= 11 is 0. The third kappa shape index (κ3) is 4.59. The highest BCUT2D eigenvalue weighted by molar-refractivity contribution is 5.97. The first-order valence-electron chi connectivity index (χ1n) is 8.78. The fraction of sp³-hybridized carbons (Fsp3) is 0.579. The molecule has 7 heteroatoms. The summed E-state index contributed by atoms with van der Waals surface area (Å²) in [5.41, 5.74) is 0.539. The van der Waals surface area contributed by atoms with Crippen molar-refractivity contribution < 1.29 is 23.8 Å². The molecule has 0 spiro atoms. The van der Waals surface area contributed by atoms with E-state index in [1.807, 2.05) is 0 Å². The quantitative estimate of drug-likeness (QED) is 0.767. The molecule has 1 saturated heterocycles. The molecule has 7 nitrogen and oxygen atoms in total. The Balaban J connectivity index is 2.07. The molecule has 144 valence electrons. The Kier molecular flexibility index (Phi) is 6.71. The highest BCUT2D eigenvalue weighted by atomic mass is 16.5. The number of benzene rings is 1. The van der Waals surface area contributed by atoms with Crippen LogP contribution in [-0.4, -0.2) is 51.1 Å². The van der Waals surface area contributed by atoms with Gasteiger partial charge in [0.25, 0.3) is 0 Å². The van der Waals surface area contributed by atoms with Gasteiger partial charge in [0.15, 0.2) is 11.5 Å². The van der Waals surface area contributed by atoms with E-state index in [1.54, 1.807) is 17.0 Å². The lowest BCUT2D eigenvalue weighted by molar-refractivity contribution is -0.128. The van der Waals surface area contributed by atoms with Crippen LogP contribution in [0.15, 0.2) is 12.1 Å². The standard InChI is InChI=1S/C19H28N2O5/c1-12(2)6-7-21-11-13(8-17(21)22)19(23)20-14-9-15(24-3)18(26-5)16(10-14)25-4/h9-10,12-13H,6-8,11H2,1-5H3,(H,20,23). The SMILES string of the molecule is COc1cc(NC(=O)C2CC(=O)N(CCC(C)C)C2)cc(OC)c1OC. The monoisotopic (exact) mass is 364 g/mol. The molecule has 2 rings (SSSR count). The fourth-order valence-corrected chi connectivity index (χ4v) is 2.98. The molecule has 0 aromatic heterocycles. The van der Waals surface area contributed by atoms with Gasteiger partial charge in [-0.05, 0) is 12.3 Å². The number of amides is 2. The van der Waals surface area contributed by atoms with Gasteiger partial charge in [-0.25, -0.2) is 0 Å².